The highest BCUT2D eigenvalue weighted by Crippen LogP contribution is 2.28. The first-order chi connectivity index (χ1) is 14.2. The number of nitrogens with zero attached hydrogens (tertiary/aromatic N) is 2. The maximum atomic E-state index is 13.1. The van der Waals surface area contributed by atoms with Crippen molar-refractivity contribution in [3.8, 4) is 5.75 Å². The van der Waals surface area contributed by atoms with E-state index in [4.69, 9.17) is 4.74 Å². The van der Waals surface area contributed by atoms with Crippen molar-refractivity contribution in [2.24, 2.45) is 0 Å². The molecular weight excluding hydrogens is 362 g/mol. The van der Waals surface area contributed by atoms with Crippen LogP contribution in [-0.4, -0.2) is 31.1 Å². The average molecular weight is 387 g/mol. The highest BCUT2D eigenvalue weighted by molar-refractivity contribution is 6.07. The Morgan fingerprint density at radius 3 is 2.93 bits per heavy atom. The molecule has 1 aromatic heterocycles. The van der Waals surface area contributed by atoms with Crippen molar-refractivity contribution in [1.29, 1.82) is 0 Å². The Morgan fingerprint density at radius 2 is 2.03 bits per heavy atom. The smallest absolute Gasteiger partial charge is 0.258 e. The van der Waals surface area contributed by atoms with E-state index in [1.165, 1.54) is 11.1 Å². The molecule has 0 saturated carbocycles. The van der Waals surface area contributed by atoms with Gasteiger partial charge >= 0.3 is 0 Å². The van der Waals surface area contributed by atoms with Gasteiger partial charge in [0.05, 0.1) is 7.11 Å². The number of benzene rings is 2. The number of pyridine rings is 1. The molecule has 4 rings (SSSR count). The first kappa shape index (κ1) is 19.0. The number of methoxy groups -OCH3 is 1. The maximum absolute atomic E-state index is 13.1. The van der Waals surface area contributed by atoms with E-state index in [1.54, 1.807) is 19.4 Å². The summed E-state index contributed by atoms with van der Waals surface area (Å²) in [6, 6.07) is 19.8. The zero-order valence-electron chi connectivity index (χ0n) is 16.6. The minimum atomic E-state index is 0.0235. The first-order valence-corrected chi connectivity index (χ1v) is 9.97. The van der Waals surface area contributed by atoms with Crippen molar-refractivity contribution >= 4 is 17.4 Å². The first-order valence-electron chi connectivity index (χ1n) is 9.97. The van der Waals surface area contributed by atoms with Crippen LogP contribution in [0.4, 0.5) is 11.5 Å². The Morgan fingerprint density at radius 1 is 1.14 bits per heavy atom. The van der Waals surface area contributed by atoms with Crippen LogP contribution in [-0.2, 0) is 12.8 Å². The van der Waals surface area contributed by atoms with Crippen molar-refractivity contribution < 1.29 is 9.53 Å². The molecule has 0 aliphatic carbocycles. The van der Waals surface area contributed by atoms with Gasteiger partial charge in [-0.2, -0.15) is 0 Å². The van der Waals surface area contributed by atoms with Gasteiger partial charge in [-0.3, -0.25) is 4.79 Å². The third kappa shape index (κ3) is 4.40. The second-order valence-corrected chi connectivity index (χ2v) is 7.15. The Balaban J connectivity index is 1.43. The number of nitrogens with one attached hydrogen (secondary N) is 1. The van der Waals surface area contributed by atoms with Crippen molar-refractivity contribution in [1.82, 2.24) is 4.98 Å². The summed E-state index contributed by atoms with van der Waals surface area (Å²) in [7, 11) is 1.67. The predicted molar refractivity (Wildman–Crippen MR) is 116 cm³/mol. The third-order valence-electron chi connectivity index (χ3n) is 5.22. The van der Waals surface area contributed by atoms with E-state index in [1.807, 2.05) is 47.4 Å². The fourth-order valence-electron chi connectivity index (χ4n) is 3.72. The standard InChI is InChI=1S/C24H25N3O2/c1-29-21-9-4-6-18(16-21)11-13-25-23-17-20(12-14-26-23)24(28)27-15-5-8-19-7-2-3-10-22(19)27/h2-4,6-7,9-10,12,14,16-17H,5,8,11,13,15H2,1H3,(H,25,26). The van der Waals surface area contributed by atoms with E-state index in [0.29, 0.717) is 11.4 Å². The number of rotatable bonds is 6. The number of ether oxygens (including phenoxy) is 1. The normalized spacial score (nSPS) is 12.9. The molecule has 3 aromatic rings. The van der Waals surface area contributed by atoms with E-state index < -0.39 is 0 Å². The molecule has 2 aromatic carbocycles. The van der Waals surface area contributed by atoms with Crippen LogP contribution in [0, 0.1) is 0 Å². The van der Waals surface area contributed by atoms with Crippen LogP contribution in [0.5, 0.6) is 5.75 Å². The number of hydrogen-bond acceptors (Lipinski definition) is 4. The predicted octanol–water partition coefficient (Wildman–Crippen LogP) is 4.34. The van der Waals surface area contributed by atoms with E-state index >= 15 is 0 Å². The van der Waals surface area contributed by atoms with Crippen LogP contribution < -0.4 is 15.0 Å². The van der Waals surface area contributed by atoms with Crippen molar-refractivity contribution in [2.45, 2.75) is 19.3 Å². The SMILES string of the molecule is COc1cccc(CCNc2cc(C(=O)N3CCCc4ccccc43)ccn2)c1. The molecule has 0 atom stereocenters. The monoisotopic (exact) mass is 387 g/mol. The molecule has 148 valence electrons. The van der Waals surface area contributed by atoms with Crippen molar-refractivity contribution in [3.05, 3.63) is 83.6 Å². The molecule has 1 N–H and O–H groups in total. The highest BCUT2D eigenvalue weighted by atomic mass is 16.5. The van der Waals surface area contributed by atoms with Gasteiger partial charge in [0.1, 0.15) is 11.6 Å². The van der Waals surface area contributed by atoms with Crippen LogP contribution in [0.2, 0.25) is 0 Å². The van der Waals surface area contributed by atoms with Gasteiger partial charge in [-0.15, -0.1) is 0 Å². The summed E-state index contributed by atoms with van der Waals surface area (Å²) in [6.07, 6.45) is 4.54. The largest absolute Gasteiger partial charge is 0.497 e. The molecule has 0 bridgehead atoms. The Labute approximate surface area is 171 Å². The molecule has 0 unspecified atom stereocenters. The lowest BCUT2D eigenvalue weighted by Crippen LogP contribution is -2.35. The number of anilines is 2. The summed E-state index contributed by atoms with van der Waals surface area (Å²) >= 11 is 0. The van der Waals surface area contributed by atoms with Crippen molar-refractivity contribution in [2.75, 3.05) is 30.4 Å². The minimum absolute atomic E-state index is 0.0235. The zero-order valence-corrected chi connectivity index (χ0v) is 16.6. The second kappa shape index (κ2) is 8.78. The van der Waals surface area contributed by atoms with E-state index in [0.717, 1.165) is 43.8 Å². The van der Waals surface area contributed by atoms with Gasteiger partial charge in [-0.1, -0.05) is 30.3 Å². The summed E-state index contributed by atoms with van der Waals surface area (Å²) in [4.78, 5) is 19.4. The van der Waals surface area contributed by atoms with Crippen LogP contribution in [0.3, 0.4) is 0 Å². The number of carbonyl (C=O) groups excluding carboxylic acids is 1. The third-order valence-corrected chi connectivity index (χ3v) is 5.22. The Hall–Kier alpha value is -3.34. The van der Waals surface area contributed by atoms with E-state index in [2.05, 4.69) is 22.4 Å². The molecular formula is C24H25N3O2. The minimum Gasteiger partial charge on any atom is -0.497 e. The van der Waals surface area contributed by atoms with Crippen LogP contribution in [0.1, 0.15) is 27.9 Å². The quantitative estimate of drug-likeness (QED) is 0.684. The molecule has 1 amide bonds. The van der Waals surface area contributed by atoms with Crippen LogP contribution in [0.15, 0.2) is 66.9 Å². The van der Waals surface area contributed by atoms with Crippen LogP contribution in [0.25, 0.3) is 0 Å². The van der Waals surface area contributed by atoms with Gasteiger partial charge in [0, 0.05) is 30.5 Å². The summed E-state index contributed by atoms with van der Waals surface area (Å²) in [5.74, 6) is 1.59. The number of para-hydroxylation sites is 1. The number of hydrogen-bond donors (Lipinski definition) is 1. The summed E-state index contributed by atoms with van der Waals surface area (Å²) < 4.78 is 5.27. The molecule has 2 heterocycles. The summed E-state index contributed by atoms with van der Waals surface area (Å²) in [5, 5.41) is 3.33. The molecule has 0 fully saturated rings. The molecule has 0 spiro atoms. The number of carbonyl (C=O) groups is 1. The maximum Gasteiger partial charge on any atom is 0.258 e. The highest BCUT2D eigenvalue weighted by Gasteiger charge is 2.23. The van der Waals surface area contributed by atoms with Gasteiger partial charge < -0.3 is 15.0 Å². The van der Waals surface area contributed by atoms with Crippen LogP contribution >= 0.6 is 0 Å². The molecule has 5 heteroatoms. The number of aromatic nitrogens is 1. The van der Waals surface area contributed by atoms with E-state index in [-0.39, 0.29) is 5.91 Å². The Bertz CT molecular complexity index is 1000. The van der Waals surface area contributed by atoms with Gasteiger partial charge in [-0.05, 0) is 60.7 Å². The summed E-state index contributed by atoms with van der Waals surface area (Å²) in [6.45, 7) is 1.47. The lowest BCUT2D eigenvalue weighted by Gasteiger charge is -2.29. The van der Waals surface area contributed by atoms with E-state index in [9.17, 15) is 4.79 Å². The molecule has 0 saturated heterocycles. The number of fused-ring (bicyclic) bond motifs is 1. The molecule has 1 aliphatic rings. The fraction of sp³-hybridized carbons (Fsp3) is 0.250. The Kier molecular flexibility index (Phi) is 5.75. The van der Waals surface area contributed by atoms with Crippen molar-refractivity contribution in [3.63, 3.8) is 0 Å². The van der Waals surface area contributed by atoms with Gasteiger partial charge in [0.25, 0.3) is 5.91 Å². The lowest BCUT2D eigenvalue weighted by molar-refractivity contribution is 0.0985. The fourth-order valence-corrected chi connectivity index (χ4v) is 3.72. The molecule has 1 aliphatic heterocycles. The molecule has 5 nitrogen and oxygen atoms in total. The van der Waals surface area contributed by atoms with Gasteiger partial charge in [0.2, 0.25) is 0 Å². The average Bonchev–Trinajstić information content (AvgIpc) is 2.78. The zero-order chi connectivity index (χ0) is 20.1. The van der Waals surface area contributed by atoms with Gasteiger partial charge in [-0.25, -0.2) is 4.98 Å². The summed E-state index contributed by atoms with van der Waals surface area (Å²) in [5.41, 5.74) is 4.10. The van der Waals surface area contributed by atoms with Gasteiger partial charge in [0.15, 0.2) is 0 Å². The lowest BCUT2D eigenvalue weighted by atomic mass is 10.0. The molecule has 29 heavy (non-hydrogen) atoms. The second-order valence-electron chi connectivity index (χ2n) is 7.15. The number of aryl methyl sites for hydroxylation is 1. The number of amides is 1. The topological polar surface area (TPSA) is 54.5 Å². The molecule has 0 radical (unpaired) electrons.